The molecule has 0 atom stereocenters. The summed E-state index contributed by atoms with van der Waals surface area (Å²) in [4.78, 5) is 0. The summed E-state index contributed by atoms with van der Waals surface area (Å²) >= 11 is -0.948. The van der Waals surface area contributed by atoms with E-state index in [1.165, 1.54) is 64.2 Å². The molecule has 0 bridgehead atoms. The summed E-state index contributed by atoms with van der Waals surface area (Å²) in [5.74, 6) is 0. The number of rotatable bonds is 10. The standard InChI is InChI=1S/2C12H19.2ClH.Hf/c2*1-4-7-10-8-11(5-2)12(6-3)9-10;;;/h2*4-8H2,1-3H3;2*1H;/q;;;;+2/p-2. The van der Waals surface area contributed by atoms with Gasteiger partial charge in [0.1, 0.15) is 0 Å². The molecule has 0 aromatic carbocycles. The minimum atomic E-state index is -0.948. The Balaban J connectivity index is 0.00000338. The Morgan fingerprint density at radius 1 is 0.556 bits per heavy atom. The largest absolute Gasteiger partial charge is 1.00 e. The second kappa shape index (κ2) is 13.6. The van der Waals surface area contributed by atoms with E-state index < -0.39 is 22.9 Å². The Bertz CT molecular complexity index is 566. The molecule has 0 unspecified atom stereocenters. The van der Waals surface area contributed by atoms with Crippen molar-refractivity contribution in [2.45, 2.75) is 106 Å². The van der Waals surface area contributed by atoms with E-state index >= 15 is 0 Å². The van der Waals surface area contributed by atoms with E-state index in [-0.39, 0.29) is 24.8 Å². The van der Waals surface area contributed by atoms with Crippen LogP contribution in [0.25, 0.3) is 0 Å². The Kier molecular flexibility index (Phi) is 13.8. The van der Waals surface area contributed by atoms with Gasteiger partial charge in [-0.25, -0.2) is 0 Å². The van der Waals surface area contributed by atoms with Crippen LogP contribution in [0.2, 0.25) is 0 Å². The zero-order valence-corrected chi connectivity index (χ0v) is 23.4. The molecule has 0 saturated carbocycles. The van der Waals surface area contributed by atoms with Crippen LogP contribution in [0.4, 0.5) is 0 Å². The molecule has 0 radical (unpaired) electrons. The molecule has 0 fully saturated rings. The minimum Gasteiger partial charge on any atom is -1.00 e. The van der Waals surface area contributed by atoms with Gasteiger partial charge in [-0.1, -0.05) is 0 Å². The molecular formula is C24H38Cl2Hf. The number of hydrogen-bond donors (Lipinski definition) is 0. The summed E-state index contributed by atoms with van der Waals surface area (Å²) in [5.41, 5.74) is 10.9. The number of hydrogen-bond acceptors (Lipinski definition) is 0. The molecule has 0 nitrogen and oxygen atoms in total. The zero-order chi connectivity index (χ0) is 18.4. The van der Waals surface area contributed by atoms with E-state index in [0.717, 1.165) is 0 Å². The topological polar surface area (TPSA) is 0 Å². The fourth-order valence-electron chi connectivity index (χ4n) is 4.70. The van der Waals surface area contributed by atoms with Crippen molar-refractivity contribution in [3.63, 3.8) is 0 Å². The van der Waals surface area contributed by atoms with Gasteiger partial charge in [-0.2, -0.15) is 0 Å². The van der Waals surface area contributed by atoms with Gasteiger partial charge in [-0.3, -0.25) is 0 Å². The summed E-state index contributed by atoms with van der Waals surface area (Å²) in [6, 6.07) is 0. The summed E-state index contributed by atoms with van der Waals surface area (Å²) in [7, 11) is 0. The molecule has 0 spiro atoms. The first-order chi connectivity index (χ1) is 12.1. The van der Waals surface area contributed by atoms with Crippen molar-refractivity contribution in [1.29, 1.82) is 0 Å². The molecule has 152 valence electrons. The van der Waals surface area contributed by atoms with Gasteiger partial charge < -0.3 is 24.8 Å². The van der Waals surface area contributed by atoms with Crippen LogP contribution in [0, 0.1) is 0 Å². The number of halogens is 2. The average Bonchev–Trinajstić information content (AvgIpc) is 3.13. The van der Waals surface area contributed by atoms with Crippen molar-refractivity contribution < 1.29 is 47.7 Å². The van der Waals surface area contributed by atoms with Crippen LogP contribution in [0.5, 0.6) is 0 Å². The predicted molar refractivity (Wildman–Crippen MR) is 108 cm³/mol. The first-order valence-electron chi connectivity index (χ1n) is 10.8. The van der Waals surface area contributed by atoms with E-state index in [9.17, 15) is 0 Å². The van der Waals surface area contributed by atoms with Crippen LogP contribution in [0.1, 0.15) is 106 Å². The second-order valence-corrected chi connectivity index (χ2v) is 12.0. The molecule has 2 rings (SSSR count). The third-order valence-electron chi connectivity index (χ3n) is 5.93. The molecular weight excluding hydrogens is 538 g/mol. The molecule has 0 aromatic rings. The summed E-state index contributed by atoms with van der Waals surface area (Å²) in [5, 5.41) is 0. The maximum atomic E-state index is 2.40. The van der Waals surface area contributed by atoms with Gasteiger partial charge in [0.25, 0.3) is 0 Å². The Labute approximate surface area is 192 Å². The van der Waals surface area contributed by atoms with E-state index in [1.54, 1.807) is 22.3 Å². The van der Waals surface area contributed by atoms with E-state index in [4.69, 9.17) is 0 Å². The van der Waals surface area contributed by atoms with Crippen LogP contribution < -0.4 is 24.8 Å². The van der Waals surface area contributed by atoms with Crippen molar-refractivity contribution in [1.82, 2.24) is 0 Å². The van der Waals surface area contributed by atoms with Crippen molar-refractivity contribution in [2.24, 2.45) is 0 Å². The molecule has 0 heterocycles. The molecule has 2 aliphatic carbocycles. The molecule has 0 saturated heterocycles. The summed E-state index contributed by atoms with van der Waals surface area (Å²) in [6.45, 7) is 14.3. The smallest absolute Gasteiger partial charge is 1.00 e. The molecule has 2 aliphatic rings. The van der Waals surface area contributed by atoms with Crippen LogP contribution in [0.3, 0.4) is 0 Å². The van der Waals surface area contributed by atoms with Gasteiger partial charge in [-0.15, -0.1) is 0 Å². The van der Waals surface area contributed by atoms with Gasteiger partial charge in [0.2, 0.25) is 0 Å². The maximum absolute atomic E-state index is 2.40. The quantitative estimate of drug-likeness (QED) is 0.351. The molecule has 3 heteroatoms. The van der Waals surface area contributed by atoms with Gasteiger partial charge in [0.05, 0.1) is 0 Å². The Morgan fingerprint density at radius 2 is 0.926 bits per heavy atom. The zero-order valence-electron chi connectivity index (χ0n) is 18.3. The van der Waals surface area contributed by atoms with E-state index in [1.807, 2.05) is 17.8 Å². The maximum Gasteiger partial charge on any atom is -1.00 e. The van der Waals surface area contributed by atoms with Crippen LogP contribution >= 0.6 is 0 Å². The summed E-state index contributed by atoms with van der Waals surface area (Å²) in [6.07, 6.45) is 13.0. The van der Waals surface area contributed by atoms with E-state index in [0.29, 0.717) is 0 Å². The van der Waals surface area contributed by atoms with Crippen molar-refractivity contribution in [2.75, 3.05) is 0 Å². The minimum absolute atomic E-state index is 0. The second-order valence-electron chi connectivity index (χ2n) is 7.51. The fourth-order valence-corrected chi connectivity index (χ4v) is 12.0. The summed E-state index contributed by atoms with van der Waals surface area (Å²) < 4.78 is 3.88. The van der Waals surface area contributed by atoms with Crippen molar-refractivity contribution in [3.05, 3.63) is 40.1 Å². The Morgan fingerprint density at radius 3 is 1.19 bits per heavy atom. The predicted octanol–water partition coefficient (Wildman–Crippen LogP) is 2.23. The van der Waals surface area contributed by atoms with Gasteiger partial charge in [0.15, 0.2) is 0 Å². The van der Waals surface area contributed by atoms with Gasteiger partial charge in [0, 0.05) is 0 Å². The third kappa shape index (κ3) is 6.19. The molecule has 27 heavy (non-hydrogen) atoms. The van der Waals surface area contributed by atoms with Crippen LogP contribution in [-0.4, -0.2) is 0 Å². The normalized spacial score (nSPS) is 16.8. The monoisotopic (exact) mass is 576 g/mol. The Hall–Kier alpha value is 0.410. The van der Waals surface area contributed by atoms with Crippen LogP contribution in [-0.2, 0) is 22.9 Å². The third-order valence-corrected chi connectivity index (χ3v) is 12.4. The molecule has 0 N–H and O–H groups in total. The molecule has 0 aliphatic heterocycles. The van der Waals surface area contributed by atoms with Crippen molar-refractivity contribution >= 4 is 0 Å². The van der Waals surface area contributed by atoms with Gasteiger partial charge >= 0.3 is 169 Å². The SMILES string of the molecule is CCCC1=[C]([Hf+2][C]2=C(CCC)CC(CC)=C2CC)C(CC)=C(CC)C1.[Cl-].[Cl-]. The molecule has 0 amide bonds. The van der Waals surface area contributed by atoms with E-state index in [2.05, 4.69) is 41.5 Å². The number of allylic oxidation sites excluding steroid dienone is 8. The average molecular weight is 576 g/mol. The van der Waals surface area contributed by atoms with Gasteiger partial charge in [-0.05, 0) is 0 Å². The van der Waals surface area contributed by atoms with Crippen LogP contribution in [0.15, 0.2) is 40.1 Å². The first kappa shape index (κ1) is 27.4. The van der Waals surface area contributed by atoms with Crippen molar-refractivity contribution in [3.8, 4) is 0 Å². The fraction of sp³-hybridized carbons (Fsp3) is 0.667. The first-order valence-corrected chi connectivity index (χ1v) is 14.4. The molecule has 0 aromatic heterocycles.